The first-order chi connectivity index (χ1) is 14.3. The van der Waals surface area contributed by atoms with Crippen LogP contribution in [-0.2, 0) is 21.3 Å². The Hall–Kier alpha value is -2.73. The summed E-state index contributed by atoms with van der Waals surface area (Å²) in [4.78, 5) is 9.31. The number of nitrogens with two attached hydrogens (primary N) is 1. The van der Waals surface area contributed by atoms with Gasteiger partial charge in [0.25, 0.3) is 14.4 Å². The summed E-state index contributed by atoms with van der Waals surface area (Å²) in [7, 11) is -2.35. The number of rotatable bonds is 10. The summed E-state index contributed by atoms with van der Waals surface area (Å²) < 4.78 is 27.0. The molecule has 0 atom stereocenters. The molecule has 3 N–H and O–H groups in total. The number of aromatic nitrogens is 4. The maximum Gasteiger partial charge on any atom is 0.300 e. The SMILES string of the molecule is CNc1nnc(S(=O)(=O)n2c(N)nc3ccc(CCCCC=NOC(C)C)cc32)s1. The van der Waals surface area contributed by atoms with E-state index in [1.54, 1.807) is 19.3 Å². The average molecular weight is 452 g/mol. The Morgan fingerprint density at radius 1 is 1.33 bits per heavy atom. The average Bonchev–Trinajstić information content (AvgIpc) is 3.31. The number of oxime groups is 1. The highest BCUT2D eigenvalue weighted by atomic mass is 32.2. The number of anilines is 2. The molecule has 3 aromatic rings. The normalized spacial score (nSPS) is 12.3. The standard InChI is InChI=1S/C18H25N7O3S2/c1-12(2)28-21-10-6-4-5-7-13-8-9-14-15(11-13)25(16(19)22-14)30(26,27)18-24-23-17(20-3)29-18/h8-12H,4-7H2,1-3H3,(H2,19,22)(H,20,23). The molecule has 10 nitrogen and oxygen atoms in total. The van der Waals surface area contributed by atoms with Crippen molar-refractivity contribution in [3.05, 3.63) is 23.8 Å². The fourth-order valence-corrected chi connectivity index (χ4v) is 5.11. The smallest absolute Gasteiger partial charge is 0.300 e. The van der Waals surface area contributed by atoms with Gasteiger partial charge in [0.2, 0.25) is 11.1 Å². The van der Waals surface area contributed by atoms with Gasteiger partial charge in [-0.25, -0.2) is 4.98 Å². The fraction of sp³-hybridized carbons (Fsp3) is 0.444. The van der Waals surface area contributed by atoms with Gasteiger partial charge < -0.3 is 15.9 Å². The van der Waals surface area contributed by atoms with Crippen molar-refractivity contribution < 1.29 is 13.3 Å². The molecule has 0 aliphatic carbocycles. The van der Waals surface area contributed by atoms with Gasteiger partial charge in [-0.3, -0.25) is 0 Å². The number of imidazole rings is 1. The third-order valence-corrected chi connectivity index (χ3v) is 7.18. The highest BCUT2D eigenvalue weighted by Gasteiger charge is 2.27. The van der Waals surface area contributed by atoms with E-state index in [4.69, 9.17) is 10.6 Å². The van der Waals surface area contributed by atoms with Crippen molar-refractivity contribution in [1.82, 2.24) is 19.2 Å². The van der Waals surface area contributed by atoms with Crippen molar-refractivity contribution in [2.24, 2.45) is 5.16 Å². The van der Waals surface area contributed by atoms with Crippen molar-refractivity contribution in [3.8, 4) is 0 Å². The molecule has 0 radical (unpaired) electrons. The summed E-state index contributed by atoms with van der Waals surface area (Å²) in [6.45, 7) is 3.85. The lowest BCUT2D eigenvalue weighted by atomic mass is 10.1. The lowest BCUT2D eigenvalue weighted by Crippen LogP contribution is -2.15. The minimum absolute atomic E-state index is 0.0755. The summed E-state index contributed by atoms with van der Waals surface area (Å²) in [6.07, 6.45) is 5.33. The quantitative estimate of drug-likeness (QED) is 0.273. The van der Waals surface area contributed by atoms with E-state index in [0.717, 1.165) is 46.6 Å². The largest absolute Gasteiger partial charge is 0.393 e. The summed E-state index contributed by atoms with van der Waals surface area (Å²) >= 11 is 0.936. The number of hydrogen-bond donors (Lipinski definition) is 2. The summed E-state index contributed by atoms with van der Waals surface area (Å²) in [5, 5.41) is 14.7. The number of nitrogen functional groups attached to an aromatic ring is 1. The van der Waals surface area contributed by atoms with Crippen LogP contribution in [0.4, 0.5) is 11.1 Å². The topological polar surface area (TPSA) is 137 Å². The maximum absolute atomic E-state index is 13.1. The number of aryl methyl sites for hydroxylation is 1. The lowest BCUT2D eigenvalue weighted by Gasteiger charge is -2.06. The second-order valence-electron chi connectivity index (χ2n) is 6.87. The van der Waals surface area contributed by atoms with Gasteiger partial charge in [0.1, 0.15) is 6.10 Å². The minimum atomic E-state index is -4.00. The van der Waals surface area contributed by atoms with Crippen LogP contribution in [0.5, 0.6) is 0 Å². The zero-order valence-electron chi connectivity index (χ0n) is 17.1. The van der Waals surface area contributed by atoms with Crippen molar-refractivity contribution in [3.63, 3.8) is 0 Å². The third-order valence-electron chi connectivity index (χ3n) is 4.18. The zero-order chi connectivity index (χ0) is 21.7. The van der Waals surface area contributed by atoms with Gasteiger partial charge in [-0.2, -0.15) is 12.4 Å². The fourth-order valence-electron chi connectivity index (χ4n) is 2.80. The first-order valence-electron chi connectivity index (χ1n) is 9.54. The number of benzene rings is 1. The van der Waals surface area contributed by atoms with Gasteiger partial charge in [0.05, 0.1) is 11.0 Å². The molecule has 2 aromatic heterocycles. The maximum atomic E-state index is 13.1. The molecule has 1 aromatic carbocycles. The van der Waals surface area contributed by atoms with Crippen LogP contribution in [0.15, 0.2) is 27.7 Å². The summed E-state index contributed by atoms with van der Waals surface area (Å²) in [5.74, 6) is -0.107. The van der Waals surface area contributed by atoms with E-state index in [-0.39, 0.29) is 16.4 Å². The second-order valence-corrected chi connectivity index (χ2v) is 9.81. The van der Waals surface area contributed by atoms with Crippen LogP contribution >= 0.6 is 11.3 Å². The Morgan fingerprint density at radius 3 is 2.83 bits per heavy atom. The Balaban J connectivity index is 1.77. The number of nitrogens with one attached hydrogen (secondary N) is 1. The molecule has 0 aliphatic heterocycles. The molecule has 0 saturated carbocycles. The second kappa shape index (κ2) is 9.39. The molecule has 0 fully saturated rings. The predicted molar refractivity (Wildman–Crippen MR) is 118 cm³/mol. The lowest BCUT2D eigenvalue weighted by molar-refractivity contribution is 0.0867. The molecule has 0 amide bonds. The van der Waals surface area contributed by atoms with Gasteiger partial charge >= 0.3 is 0 Å². The molecule has 30 heavy (non-hydrogen) atoms. The van der Waals surface area contributed by atoms with Gasteiger partial charge in [-0.05, 0) is 57.2 Å². The van der Waals surface area contributed by atoms with Gasteiger partial charge in [-0.1, -0.05) is 22.6 Å². The Morgan fingerprint density at radius 2 is 2.13 bits per heavy atom. The monoisotopic (exact) mass is 451 g/mol. The molecule has 2 heterocycles. The van der Waals surface area contributed by atoms with Crippen LogP contribution in [0.2, 0.25) is 0 Å². The van der Waals surface area contributed by atoms with Crippen molar-refractivity contribution >= 4 is 49.7 Å². The van der Waals surface area contributed by atoms with E-state index in [2.05, 4.69) is 25.7 Å². The third kappa shape index (κ3) is 4.87. The van der Waals surface area contributed by atoms with E-state index in [0.29, 0.717) is 16.2 Å². The molecule has 0 aliphatic rings. The molecular formula is C18H25N7O3S2. The molecule has 0 unspecified atom stereocenters. The van der Waals surface area contributed by atoms with Crippen LogP contribution in [0.1, 0.15) is 38.7 Å². The molecule has 3 rings (SSSR count). The van der Waals surface area contributed by atoms with E-state index in [9.17, 15) is 8.42 Å². The predicted octanol–water partition coefficient (Wildman–Crippen LogP) is 2.87. The van der Waals surface area contributed by atoms with E-state index >= 15 is 0 Å². The van der Waals surface area contributed by atoms with Crippen LogP contribution in [0.25, 0.3) is 11.0 Å². The Bertz CT molecular complexity index is 1140. The van der Waals surface area contributed by atoms with E-state index in [1.165, 1.54) is 0 Å². The Kier molecular flexibility index (Phi) is 6.87. The number of fused-ring (bicyclic) bond motifs is 1. The van der Waals surface area contributed by atoms with Crippen LogP contribution in [-0.4, -0.2) is 46.9 Å². The molecule has 0 bridgehead atoms. The van der Waals surface area contributed by atoms with Crippen LogP contribution < -0.4 is 11.1 Å². The molecular weight excluding hydrogens is 426 g/mol. The first-order valence-corrected chi connectivity index (χ1v) is 11.8. The van der Waals surface area contributed by atoms with Crippen LogP contribution in [0, 0.1) is 0 Å². The first kappa shape index (κ1) is 22.0. The zero-order valence-corrected chi connectivity index (χ0v) is 18.7. The number of hydrogen-bond acceptors (Lipinski definition) is 10. The highest BCUT2D eigenvalue weighted by molar-refractivity contribution is 7.92. The van der Waals surface area contributed by atoms with Crippen molar-refractivity contribution in [2.75, 3.05) is 18.1 Å². The van der Waals surface area contributed by atoms with Crippen LogP contribution in [0.3, 0.4) is 0 Å². The summed E-state index contributed by atoms with van der Waals surface area (Å²) in [5.41, 5.74) is 7.88. The van der Waals surface area contributed by atoms with Crippen molar-refractivity contribution in [2.45, 2.75) is 50.0 Å². The molecule has 162 valence electrons. The van der Waals surface area contributed by atoms with Gasteiger partial charge in [0, 0.05) is 13.3 Å². The Labute approximate surface area is 179 Å². The number of nitrogens with zero attached hydrogens (tertiary/aromatic N) is 5. The number of unbranched alkanes of at least 4 members (excludes halogenated alkanes) is 2. The molecule has 12 heteroatoms. The highest BCUT2D eigenvalue weighted by Crippen LogP contribution is 2.28. The molecule has 0 saturated heterocycles. The molecule has 0 spiro atoms. The van der Waals surface area contributed by atoms with E-state index in [1.807, 2.05) is 26.0 Å². The van der Waals surface area contributed by atoms with Crippen molar-refractivity contribution in [1.29, 1.82) is 0 Å². The summed E-state index contributed by atoms with van der Waals surface area (Å²) in [6, 6.07) is 5.53. The van der Waals surface area contributed by atoms with Gasteiger partial charge in [-0.15, -0.1) is 10.2 Å². The van der Waals surface area contributed by atoms with E-state index < -0.39 is 10.0 Å². The van der Waals surface area contributed by atoms with Gasteiger partial charge in [0.15, 0.2) is 0 Å². The minimum Gasteiger partial charge on any atom is -0.393 e.